The molecular formula is C9H8ClIO2. The fourth-order valence-corrected chi connectivity index (χ4v) is 1.42. The molecule has 1 aromatic carbocycles. The van der Waals surface area contributed by atoms with Crippen LogP contribution >= 0.6 is 34.2 Å². The van der Waals surface area contributed by atoms with Crippen LogP contribution in [0.1, 0.15) is 16.8 Å². The van der Waals surface area contributed by atoms with Gasteiger partial charge < -0.3 is 5.11 Å². The lowest BCUT2D eigenvalue weighted by Gasteiger charge is -2.00. The largest absolute Gasteiger partial charge is 0.507 e. The second-order valence-electron chi connectivity index (χ2n) is 2.53. The Balaban J connectivity index is 2.90. The van der Waals surface area contributed by atoms with Gasteiger partial charge >= 0.3 is 0 Å². The lowest BCUT2D eigenvalue weighted by atomic mass is 10.1. The van der Waals surface area contributed by atoms with Gasteiger partial charge in [0.05, 0.1) is 3.57 Å². The molecule has 0 saturated heterocycles. The number of ketones is 1. The summed E-state index contributed by atoms with van der Waals surface area (Å²) in [6.45, 7) is 0. The van der Waals surface area contributed by atoms with E-state index < -0.39 is 0 Å². The number of phenolic OH excluding ortho intramolecular Hbond substituents is 1. The molecule has 0 amide bonds. The summed E-state index contributed by atoms with van der Waals surface area (Å²) in [7, 11) is 0. The van der Waals surface area contributed by atoms with Crippen LogP contribution < -0.4 is 0 Å². The molecule has 0 aliphatic carbocycles. The van der Waals surface area contributed by atoms with E-state index in [0.717, 1.165) is 3.57 Å². The van der Waals surface area contributed by atoms with Gasteiger partial charge in [-0.3, -0.25) is 4.79 Å². The third-order valence-corrected chi connectivity index (χ3v) is 2.69. The summed E-state index contributed by atoms with van der Waals surface area (Å²) >= 11 is 7.43. The van der Waals surface area contributed by atoms with E-state index in [1.165, 1.54) is 6.07 Å². The van der Waals surface area contributed by atoms with Crippen molar-refractivity contribution in [3.05, 3.63) is 27.3 Å². The molecule has 1 rings (SSSR count). The zero-order valence-corrected chi connectivity index (χ0v) is 9.67. The highest BCUT2D eigenvalue weighted by atomic mass is 127. The fraction of sp³-hybridized carbons (Fsp3) is 0.222. The lowest BCUT2D eigenvalue weighted by Crippen LogP contribution is -1.99. The molecule has 0 radical (unpaired) electrons. The minimum absolute atomic E-state index is 0.0401. The third-order valence-electron chi connectivity index (χ3n) is 1.59. The highest BCUT2D eigenvalue weighted by Crippen LogP contribution is 2.21. The zero-order valence-electron chi connectivity index (χ0n) is 6.76. The average Bonchev–Trinajstić information content (AvgIpc) is 2.10. The van der Waals surface area contributed by atoms with Crippen LogP contribution in [0.4, 0.5) is 0 Å². The fourth-order valence-electron chi connectivity index (χ4n) is 0.916. The molecule has 0 heterocycles. The number of hydrogen-bond donors (Lipinski definition) is 1. The van der Waals surface area contributed by atoms with Crippen LogP contribution in [-0.4, -0.2) is 16.8 Å². The van der Waals surface area contributed by atoms with Gasteiger partial charge in [-0.15, -0.1) is 11.6 Å². The zero-order chi connectivity index (χ0) is 9.84. The third kappa shape index (κ3) is 2.84. The van der Waals surface area contributed by atoms with Crippen molar-refractivity contribution in [2.24, 2.45) is 0 Å². The molecule has 0 spiro atoms. The first-order chi connectivity index (χ1) is 6.15. The van der Waals surface area contributed by atoms with Crippen molar-refractivity contribution in [3.8, 4) is 5.75 Å². The normalized spacial score (nSPS) is 10.0. The second kappa shape index (κ2) is 4.81. The summed E-state index contributed by atoms with van der Waals surface area (Å²) in [6.07, 6.45) is 0.307. The van der Waals surface area contributed by atoms with Gasteiger partial charge in [0.1, 0.15) is 5.75 Å². The van der Waals surface area contributed by atoms with Crippen molar-refractivity contribution in [1.82, 2.24) is 0 Å². The van der Waals surface area contributed by atoms with E-state index in [1.807, 2.05) is 22.6 Å². The summed E-state index contributed by atoms with van der Waals surface area (Å²) in [5.41, 5.74) is 0.513. The first-order valence-electron chi connectivity index (χ1n) is 3.73. The van der Waals surface area contributed by atoms with Crippen LogP contribution in [0, 0.1) is 3.57 Å². The Morgan fingerprint density at radius 1 is 1.54 bits per heavy atom. The summed E-state index contributed by atoms with van der Waals surface area (Å²) in [5.74, 6) is 0.411. The first kappa shape index (κ1) is 10.8. The lowest BCUT2D eigenvalue weighted by molar-refractivity contribution is 0.0989. The molecule has 0 saturated carbocycles. The number of phenols is 1. The predicted molar refractivity (Wildman–Crippen MR) is 60.5 cm³/mol. The van der Waals surface area contributed by atoms with Crippen molar-refractivity contribution >= 4 is 40.0 Å². The molecule has 13 heavy (non-hydrogen) atoms. The summed E-state index contributed by atoms with van der Waals surface area (Å²) in [6, 6.07) is 4.87. The maximum atomic E-state index is 11.3. The number of carbonyl (C=O) groups is 1. The highest BCUT2D eigenvalue weighted by Gasteiger charge is 2.06. The molecule has 0 unspecified atom stereocenters. The Morgan fingerprint density at radius 2 is 2.23 bits per heavy atom. The van der Waals surface area contributed by atoms with E-state index in [-0.39, 0.29) is 11.5 Å². The topological polar surface area (TPSA) is 37.3 Å². The second-order valence-corrected chi connectivity index (χ2v) is 4.07. The van der Waals surface area contributed by atoms with E-state index >= 15 is 0 Å². The number of Topliss-reactive ketones (excluding diaryl/α,β-unsaturated/α-hetero) is 1. The predicted octanol–water partition coefficient (Wildman–Crippen LogP) is 2.81. The summed E-state index contributed by atoms with van der Waals surface area (Å²) < 4.78 is 0.736. The van der Waals surface area contributed by atoms with E-state index in [1.54, 1.807) is 12.1 Å². The molecule has 0 aliphatic heterocycles. The van der Waals surface area contributed by atoms with Crippen molar-refractivity contribution in [2.45, 2.75) is 6.42 Å². The molecular weight excluding hydrogens is 302 g/mol. The monoisotopic (exact) mass is 310 g/mol. The first-order valence-corrected chi connectivity index (χ1v) is 5.34. The number of halogens is 2. The Bertz CT molecular complexity index is 325. The van der Waals surface area contributed by atoms with Crippen molar-refractivity contribution < 1.29 is 9.90 Å². The Morgan fingerprint density at radius 3 is 2.77 bits per heavy atom. The Labute approximate surface area is 95.0 Å². The Hall–Kier alpha value is -0.290. The molecule has 0 aliphatic rings. The standard InChI is InChI=1S/C9H8ClIO2/c10-4-3-8(12)6-1-2-7(11)9(13)5-6/h1-2,5,13H,3-4H2. The van der Waals surface area contributed by atoms with Crippen LogP contribution in [0.15, 0.2) is 18.2 Å². The quantitative estimate of drug-likeness (QED) is 0.529. The van der Waals surface area contributed by atoms with E-state index in [0.29, 0.717) is 17.9 Å². The number of aromatic hydroxyl groups is 1. The summed E-state index contributed by atoms with van der Waals surface area (Å²) in [4.78, 5) is 11.3. The SMILES string of the molecule is O=C(CCCl)c1ccc(I)c(O)c1. The van der Waals surface area contributed by atoms with E-state index in [9.17, 15) is 9.90 Å². The van der Waals surface area contributed by atoms with Crippen LogP contribution in [0.5, 0.6) is 5.75 Å². The number of rotatable bonds is 3. The van der Waals surface area contributed by atoms with Gasteiger partial charge in [-0.2, -0.15) is 0 Å². The molecule has 0 fully saturated rings. The van der Waals surface area contributed by atoms with Gasteiger partial charge in [-0.05, 0) is 34.7 Å². The van der Waals surface area contributed by atoms with Gasteiger partial charge in [-0.1, -0.05) is 6.07 Å². The van der Waals surface area contributed by atoms with Crippen molar-refractivity contribution in [2.75, 3.05) is 5.88 Å². The van der Waals surface area contributed by atoms with Crippen LogP contribution in [0.3, 0.4) is 0 Å². The van der Waals surface area contributed by atoms with E-state index in [4.69, 9.17) is 11.6 Å². The van der Waals surface area contributed by atoms with Gasteiger partial charge in [0, 0.05) is 17.9 Å². The average molecular weight is 311 g/mol. The van der Waals surface area contributed by atoms with Gasteiger partial charge in [0.2, 0.25) is 0 Å². The van der Waals surface area contributed by atoms with Crippen molar-refractivity contribution in [1.29, 1.82) is 0 Å². The van der Waals surface area contributed by atoms with Gasteiger partial charge in [0.25, 0.3) is 0 Å². The number of carbonyl (C=O) groups excluding carboxylic acids is 1. The smallest absolute Gasteiger partial charge is 0.164 e. The molecule has 1 aromatic rings. The van der Waals surface area contributed by atoms with Gasteiger partial charge in [-0.25, -0.2) is 0 Å². The molecule has 0 atom stereocenters. The minimum Gasteiger partial charge on any atom is -0.507 e. The minimum atomic E-state index is -0.0401. The maximum Gasteiger partial charge on any atom is 0.164 e. The molecule has 2 nitrogen and oxygen atoms in total. The van der Waals surface area contributed by atoms with Crippen LogP contribution in [0.2, 0.25) is 0 Å². The summed E-state index contributed by atoms with van der Waals surface area (Å²) in [5, 5.41) is 9.32. The Kier molecular flexibility index (Phi) is 3.99. The molecule has 0 aromatic heterocycles. The number of benzene rings is 1. The van der Waals surface area contributed by atoms with Crippen LogP contribution in [-0.2, 0) is 0 Å². The number of hydrogen-bond acceptors (Lipinski definition) is 2. The molecule has 1 N–H and O–H groups in total. The van der Waals surface area contributed by atoms with E-state index in [2.05, 4.69) is 0 Å². The number of alkyl halides is 1. The van der Waals surface area contributed by atoms with Crippen molar-refractivity contribution in [3.63, 3.8) is 0 Å². The highest BCUT2D eigenvalue weighted by molar-refractivity contribution is 14.1. The van der Waals surface area contributed by atoms with Crippen LogP contribution in [0.25, 0.3) is 0 Å². The molecule has 0 bridgehead atoms. The molecule has 4 heteroatoms. The van der Waals surface area contributed by atoms with Gasteiger partial charge in [0.15, 0.2) is 5.78 Å². The molecule has 70 valence electrons. The maximum absolute atomic E-state index is 11.3.